The molecule has 0 unspecified atom stereocenters. The van der Waals surface area contributed by atoms with Crippen LogP contribution in [-0.2, 0) is 4.74 Å². The minimum absolute atomic E-state index is 0.0298. The highest BCUT2D eigenvalue weighted by atomic mass is 16.5. The number of aliphatic hydroxyl groups is 1. The number of anilines is 2. The summed E-state index contributed by atoms with van der Waals surface area (Å²) in [6.07, 6.45) is 0. The Bertz CT molecular complexity index is 347. The van der Waals surface area contributed by atoms with Crippen LogP contribution in [0.3, 0.4) is 0 Å². The highest BCUT2D eigenvalue weighted by Crippen LogP contribution is 2.23. The van der Waals surface area contributed by atoms with E-state index in [0.29, 0.717) is 37.1 Å². The number of nitrogens with two attached hydrogens (primary N) is 1. The molecule has 1 rings (SSSR count). The van der Waals surface area contributed by atoms with Crippen molar-refractivity contribution in [3.8, 4) is 5.88 Å². The molecular formula is C11H19N3O3. The first kappa shape index (κ1) is 13.5. The van der Waals surface area contributed by atoms with E-state index >= 15 is 0 Å². The van der Waals surface area contributed by atoms with Crippen LogP contribution in [0.4, 0.5) is 11.5 Å². The third kappa shape index (κ3) is 3.76. The zero-order chi connectivity index (χ0) is 12.7. The lowest BCUT2D eigenvalue weighted by molar-refractivity contribution is 0.202. The highest BCUT2D eigenvalue weighted by Gasteiger charge is 2.12. The molecule has 0 saturated carbocycles. The molecule has 96 valence electrons. The summed E-state index contributed by atoms with van der Waals surface area (Å²) < 4.78 is 10.1. The van der Waals surface area contributed by atoms with Gasteiger partial charge in [-0.05, 0) is 6.07 Å². The SMILES string of the molecule is COCCN(CCO)c1nc(OC)ccc1N. The van der Waals surface area contributed by atoms with E-state index in [2.05, 4.69) is 4.98 Å². The van der Waals surface area contributed by atoms with E-state index in [1.165, 1.54) is 0 Å². The Hall–Kier alpha value is -1.53. The largest absolute Gasteiger partial charge is 0.481 e. The standard InChI is InChI=1S/C11H19N3O3/c1-16-8-6-14(5-7-15)11-9(12)3-4-10(13-11)17-2/h3-4,15H,5-8,12H2,1-2H3. The van der Waals surface area contributed by atoms with Crippen molar-refractivity contribution in [1.29, 1.82) is 0 Å². The third-order valence-corrected chi connectivity index (χ3v) is 2.32. The number of aromatic nitrogens is 1. The number of nitrogens with zero attached hydrogens (tertiary/aromatic N) is 2. The van der Waals surface area contributed by atoms with Gasteiger partial charge in [0.15, 0.2) is 5.82 Å². The smallest absolute Gasteiger partial charge is 0.215 e. The molecule has 0 spiro atoms. The third-order valence-electron chi connectivity index (χ3n) is 2.32. The summed E-state index contributed by atoms with van der Waals surface area (Å²) >= 11 is 0. The number of rotatable bonds is 7. The van der Waals surface area contributed by atoms with Crippen molar-refractivity contribution in [1.82, 2.24) is 4.98 Å². The van der Waals surface area contributed by atoms with E-state index in [-0.39, 0.29) is 6.61 Å². The summed E-state index contributed by atoms with van der Waals surface area (Å²) in [7, 11) is 3.17. The molecule has 0 atom stereocenters. The van der Waals surface area contributed by atoms with Crippen LogP contribution < -0.4 is 15.4 Å². The number of methoxy groups -OCH3 is 2. The average molecular weight is 241 g/mol. The molecule has 0 saturated heterocycles. The quantitative estimate of drug-likeness (QED) is 0.705. The van der Waals surface area contributed by atoms with Gasteiger partial charge in [0.2, 0.25) is 5.88 Å². The summed E-state index contributed by atoms with van der Waals surface area (Å²) in [5, 5.41) is 9.03. The van der Waals surface area contributed by atoms with E-state index in [1.54, 1.807) is 26.4 Å². The predicted molar refractivity (Wildman–Crippen MR) is 66.4 cm³/mol. The fraction of sp³-hybridized carbons (Fsp3) is 0.545. The lowest BCUT2D eigenvalue weighted by Gasteiger charge is -2.24. The molecule has 0 aromatic carbocycles. The first-order valence-corrected chi connectivity index (χ1v) is 5.38. The van der Waals surface area contributed by atoms with E-state index in [0.717, 1.165) is 0 Å². The average Bonchev–Trinajstić information content (AvgIpc) is 2.35. The number of nitrogen functional groups attached to an aromatic ring is 1. The van der Waals surface area contributed by atoms with Gasteiger partial charge in [-0.2, -0.15) is 4.98 Å². The molecule has 0 aliphatic heterocycles. The molecule has 0 fully saturated rings. The van der Waals surface area contributed by atoms with Gasteiger partial charge in [0.25, 0.3) is 0 Å². The van der Waals surface area contributed by atoms with E-state index in [1.807, 2.05) is 4.90 Å². The van der Waals surface area contributed by atoms with Crippen LogP contribution >= 0.6 is 0 Å². The molecule has 17 heavy (non-hydrogen) atoms. The summed E-state index contributed by atoms with van der Waals surface area (Å²) in [5.41, 5.74) is 6.42. The van der Waals surface area contributed by atoms with Gasteiger partial charge in [0.1, 0.15) is 0 Å². The normalized spacial score (nSPS) is 10.3. The summed E-state index contributed by atoms with van der Waals surface area (Å²) in [5.74, 6) is 1.10. The molecule has 3 N–H and O–H groups in total. The lowest BCUT2D eigenvalue weighted by Crippen LogP contribution is -2.31. The van der Waals surface area contributed by atoms with Crippen LogP contribution in [0.15, 0.2) is 12.1 Å². The molecule has 0 bridgehead atoms. The van der Waals surface area contributed by atoms with Crippen LogP contribution in [0.5, 0.6) is 5.88 Å². The van der Waals surface area contributed by atoms with Crippen molar-refractivity contribution in [2.24, 2.45) is 0 Å². The van der Waals surface area contributed by atoms with Gasteiger partial charge >= 0.3 is 0 Å². The Balaban J connectivity index is 2.90. The van der Waals surface area contributed by atoms with Crippen LogP contribution in [-0.4, -0.2) is 50.6 Å². The lowest BCUT2D eigenvalue weighted by atomic mass is 10.3. The molecule has 6 heteroatoms. The molecular weight excluding hydrogens is 222 g/mol. The highest BCUT2D eigenvalue weighted by molar-refractivity contribution is 5.63. The van der Waals surface area contributed by atoms with E-state index < -0.39 is 0 Å². The number of pyridine rings is 1. The molecule has 0 aliphatic carbocycles. The maximum Gasteiger partial charge on any atom is 0.215 e. The van der Waals surface area contributed by atoms with Crippen molar-refractivity contribution >= 4 is 11.5 Å². The van der Waals surface area contributed by atoms with E-state index in [9.17, 15) is 0 Å². The van der Waals surface area contributed by atoms with E-state index in [4.69, 9.17) is 20.3 Å². The van der Waals surface area contributed by atoms with Gasteiger partial charge in [-0.15, -0.1) is 0 Å². The second-order valence-electron chi connectivity index (χ2n) is 3.47. The Morgan fingerprint density at radius 1 is 1.35 bits per heavy atom. The van der Waals surface area contributed by atoms with Crippen LogP contribution in [0.1, 0.15) is 0 Å². The fourth-order valence-corrected chi connectivity index (χ4v) is 1.45. The number of hydrogen-bond donors (Lipinski definition) is 2. The number of hydrogen-bond acceptors (Lipinski definition) is 6. The van der Waals surface area contributed by atoms with Crippen LogP contribution in [0, 0.1) is 0 Å². The summed E-state index contributed by atoms with van der Waals surface area (Å²) in [6.45, 7) is 1.63. The minimum Gasteiger partial charge on any atom is -0.481 e. The van der Waals surface area contributed by atoms with Crippen molar-refractivity contribution in [2.45, 2.75) is 0 Å². The predicted octanol–water partition coefficient (Wildman–Crippen LogP) is 0.117. The first-order valence-electron chi connectivity index (χ1n) is 5.38. The Kier molecular flexibility index (Phi) is 5.51. The van der Waals surface area contributed by atoms with Gasteiger partial charge in [-0.3, -0.25) is 0 Å². The van der Waals surface area contributed by atoms with Crippen molar-refractivity contribution in [3.63, 3.8) is 0 Å². The molecule has 0 amide bonds. The van der Waals surface area contributed by atoms with Gasteiger partial charge < -0.3 is 25.2 Å². The monoisotopic (exact) mass is 241 g/mol. The van der Waals surface area contributed by atoms with Crippen molar-refractivity contribution < 1.29 is 14.6 Å². The van der Waals surface area contributed by atoms with Gasteiger partial charge in [-0.25, -0.2) is 0 Å². The van der Waals surface area contributed by atoms with Gasteiger partial charge in [0, 0.05) is 26.3 Å². The Morgan fingerprint density at radius 2 is 2.12 bits per heavy atom. The van der Waals surface area contributed by atoms with Crippen LogP contribution in [0.2, 0.25) is 0 Å². The molecule has 0 radical (unpaired) electrons. The maximum atomic E-state index is 9.03. The van der Waals surface area contributed by atoms with Gasteiger partial charge in [-0.1, -0.05) is 0 Å². The van der Waals surface area contributed by atoms with Gasteiger partial charge in [0.05, 0.1) is 26.0 Å². The van der Waals surface area contributed by atoms with Crippen molar-refractivity contribution in [3.05, 3.63) is 12.1 Å². The first-order chi connectivity index (χ1) is 8.22. The molecule has 6 nitrogen and oxygen atoms in total. The molecule has 1 aromatic heterocycles. The zero-order valence-corrected chi connectivity index (χ0v) is 10.2. The number of ether oxygens (including phenoxy) is 2. The molecule has 0 aliphatic rings. The summed E-state index contributed by atoms with van der Waals surface area (Å²) in [4.78, 5) is 6.14. The van der Waals surface area contributed by atoms with Crippen LogP contribution in [0.25, 0.3) is 0 Å². The molecule has 1 aromatic rings. The van der Waals surface area contributed by atoms with Crippen molar-refractivity contribution in [2.75, 3.05) is 51.2 Å². The zero-order valence-electron chi connectivity index (χ0n) is 10.2. The Labute approximate surface area is 101 Å². The summed E-state index contributed by atoms with van der Waals surface area (Å²) in [6, 6.07) is 3.44. The Morgan fingerprint density at radius 3 is 2.71 bits per heavy atom. The molecule has 1 heterocycles. The number of aliphatic hydroxyl groups excluding tert-OH is 1. The topological polar surface area (TPSA) is 80.8 Å². The second kappa shape index (κ2) is 6.93. The maximum absolute atomic E-state index is 9.03. The second-order valence-corrected chi connectivity index (χ2v) is 3.47. The fourth-order valence-electron chi connectivity index (χ4n) is 1.45. The minimum atomic E-state index is 0.0298.